The average molecular weight is 306 g/mol. The van der Waals surface area contributed by atoms with Crippen molar-refractivity contribution in [3.8, 4) is 5.75 Å². The molecule has 0 aromatic heterocycles. The molecule has 1 amide bonds. The van der Waals surface area contributed by atoms with Gasteiger partial charge in [0.2, 0.25) is 5.54 Å². The van der Waals surface area contributed by atoms with Crippen LogP contribution in [-0.4, -0.2) is 59.6 Å². The van der Waals surface area contributed by atoms with Crippen molar-refractivity contribution in [1.82, 2.24) is 10.2 Å². The summed E-state index contributed by atoms with van der Waals surface area (Å²) < 4.78 is 5.10. The predicted octanol–water partition coefficient (Wildman–Crippen LogP) is 0.902. The zero-order valence-corrected chi connectivity index (χ0v) is 12.8. The van der Waals surface area contributed by atoms with Gasteiger partial charge in [-0.05, 0) is 36.4 Å². The van der Waals surface area contributed by atoms with E-state index in [2.05, 4.69) is 5.10 Å². The minimum Gasteiger partial charge on any atom is -0.497 e. The van der Waals surface area contributed by atoms with Crippen molar-refractivity contribution in [3.63, 3.8) is 0 Å². The van der Waals surface area contributed by atoms with E-state index in [1.54, 1.807) is 31.4 Å². The van der Waals surface area contributed by atoms with Crippen LogP contribution >= 0.6 is 0 Å². The Bertz CT molecular complexity index is 628. The Morgan fingerprint density at radius 1 is 1.36 bits per heavy atom. The Morgan fingerprint density at radius 3 is 2.41 bits per heavy atom. The summed E-state index contributed by atoms with van der Waals surface area (Å²) in [7, 11) is 4.22. The van der Waals surface area contributed by atoms with Crippen LogP contribution in [0.1, 0.15) is 12.5 Å². The summed E-state index contributed by atoms with van der Waals surface area (Å²) in [4.78, 5) is 17.3. The van der Waals surface area contributed by atoms with Crippen molar-refractivity contribution in [2.24, 2.45) is 5.10 Å². The lowest BCUT2D eigenvalue weighted by Crippen LogP contribution is -2.62. The maximum atomic E-state index is 12.5. The molecule has 0 fully saturated rings. The van der Waals surface area contributed by atoms with Gasteiger partial charge >= 0.3 is 0 Å². The lowest BCUT2D eigenvalue weighted by molar-refractivity contribution is -0.343. The highest BCUT2D eigenvalue weighted by Crippen LogP contribution is 2.31. The van der Waals surface area contributed by atoms with Gasteiger partial charge in [-0.25, -0.2) is 5.01 Å². The van der Waals surface area contributed by atoms with Gasteiger partial charge in [0.15, 0.2) is 0 Å². The maximum absolute atomic E-state index is 12.5. The van der Waals surface area contributed by atoms with E-state index in [4.69, 9.17) is 15.0 Å². The largest absolute Gasteiger partial charge is 0.497 e. The summed E-state index contributed by atoms with van der Waals surface area (Å²) in [6, 6.07) is 6.81. The molecule has 0 saturated heterocycles. The molecule has 8 nitrogen and oxygen atoms in total. The third-order valence-corrected chi connectivity index (χ3v) is 3.56. The molecule has 1 heterocycles. The van der Waals surface area contributed by atoms with E-state index in [0.717, 1.165) is 5.01 Å². The third kappa shape index (κ3) is 2.17. The Labute approximate surface area is 128 Å². The molecule has 1 aliphatic heterocycles. The zero-order chi connectivity index (χ0) is 16.5. The van der Waals surface area contributed by atoms with Gasteiger partial charge < -0.3 is 10.1 Å². The molecule has 0 saturated carbocycles. The van der Waals surface area contributed by atoms with Gasteiger partial charge in [0.25, 0.3) is 5.91 Å². The molecule has 0 aliphatic carbocycles. The number of hydrazone groups is 1. The van der Waals surface area contributed by atoms with Crippen molar-refractivity contribution in [3.05, 3.63) is 29.8 Å². The third-order valence-electron chi connectivity index (χ3n) is 3.56. The number of rotatable bonds is 5. The molecule has 1 atom stereocenters. The van der Waals surface area contributed by atoms with Crippen molar-refractivity contribution >= 4 is 17.3 Å². The zero-order valence-electron chi connectivity index (χ0n) is 12.8. The van der Waals surface area contributed by atoms with Crippen LogP contribution in [-0.2, 0) is 9.63 Å². The van der Waals surface area contributed by atoms with E-state index in [1.165, 1.54) is 21.1 Å². The minimum absolute atomic E-state index is 0.110. The summed E-state index contributed by atoms with van der Waals surface area (Å²) >= 11 is 0. The molecule has 0 bridgehead atoms. The Kier molecular flexibility index (Phi) is 4.27. The Hall–Kier alpha value is -2.29. The lowest BCUT2D eigenvalue weighted by Gasteiger charge is -2.32. The first kappa shape index (κ1) is 16.1. The van der Waals surface area contributed by atoms with Crippen LogP contribution in [0.15, 0.2) is 29.4 Å². The smallest absolute Gasteiger partial charge is 0.280 e. The first-order valence-corrected chi connectivity index (χ1v) is 6.50. The predicted molar refractivity (Wildman–Crippen MR) is 79.1 cm³/mol. The fourth-order valence-electron chi connectivity index (χ4n) is 2.41. The number of likely N-dealkylation sites (N-methyl/N-ethyl adjacent to an activating group) is 1. The van der Waals surface area contributed by atoms with E-state index in [0.29, 0.717) is 16.5 Å². The van der Waals surface area contributed by atoms with E-state index in [1.807, 2.05) is 0 Å². The van der Waals surface area contributed by atoms with Crippen LogP contribution in [0.25, 0.3) is 0 Å². The van der Waals surface area contributed by atoms with E-state index >= 15 is 0 Å². The number of hydrogen-bond donors (Lipinski definition) is 2. The van der Waals surface area contributed by atoms with Gasteiger partial charge in [-0.2, -0.15) is 5.10 Å². The quantitative estimate of drug-likeness (QED) is 0.622. The van der Waals surface area contributed by atoms with E-state index in [9.17, 15) is 10.0 Å². The van der Waals surface area contributed by atoms with Crippen molar-refractivity contribution in [2.75, 3.05) is 21.3 Å². The molecule has 0 spiro atoms. The van der Waals surface area contributed by atoms with Gasteiger partial charge in [0.05, 0.1) is 14.2 Å². The highest BCUT2D eigenvalue weighted by molar-refractivity contribution is 6.36. The van der Waals surface area contributed by atoms with Crippen LogP contribution in [0.3, 0.4) is 0 Å². The molecule has 22 heavy (non-hydrogen) atoms. The van der Waals surface area contributed by atoms with Gasteiger partial charge in [-0.1, -0.05) is 0 Å². The molecule has 118 valence electrons. The highest BCUT2D eigenvalue weighted by Gasteiger charge is 2.58. The van der Waals surface area contributed by atoms with E-state index < -0.39 is 11.4 Å². The number of nitrogens with zero attached hydrogens (tertiary/aromatic N) is 3. The number of hydroxylamine groups is 2. The van der Waals surface area contributed by atoms with Crippen LogP contribution in [0.4, 0.5) is 0 Å². The summed E-state index contributed by atoms with van der Waals surface area (Å²) in [5.74, 6) is 0.0713. The molecule has 1 aromatic rings. The summed E-state index contributed by atoms with van der Waals surface area (Å²) in [6.07, 6.45) is 0. The molecule has 2 N–H and O–H groups in total. The number of hydrogen-bond acceptors (Lipinski definition) is 7. The molecular weight excluding hydrogens is 288 g/mol. The second-order valence-electron chi connectivity index (χ2n) is 4.80. The van der Waals surface area contributed by atoms with Gasteiger partial charge in [0, 0.05) is 18.3 Å². The first-order valence-electron chi connectivity index (χ1n) is 6.50. The van der Waals surface area contributed by atoms with Crippen LogP contribution < -0.4 is 4.74 Å². The molecular formula is C14H18N4O4. The van der Waals surface area contributed by atoms with Crippen molar-refractivity contribution in [1.29, 1.82) is 5.41 Å². The number of carbonyl (C=O) groups is 1. The summed E-state index contributed by atoms with van der Waals surface area (Å²) in [6.45, 7) is 1.42. The molecule has 0 radical (unpaired) electrons. The highest BCUT2D eigenvalue weighted by atomic mass is 16.9. The summed E-state index contributed by atoms with van der Waals surface area (Å²) in [5.41, 5.74) is -1.14. The topological polar surface area (TPSA) is 98.5 Å². The van der Waals surface area contributed by atoms with Crippen molar-refractivity contribution < 1.29 is 19.6 Å². The standard InChI is InChI=1S/C14H18N4O4/c1-9(15)14(18(20)22-4)12(16-17(2)13(14)19)10-5-7-11(21-3)8-6-10/h5-8,15,20H,1-4H3. The number of methoxy groups -OCH3 is 1. The molecule has 1 aromatic carbocycles. The van der Waals surface area contributed by atoms with Crippen LogP contribution in [0.2, 0.25) is 0 Å². The normalized spacial score (nSPS) is 21.3. The molecule has 8 heteroatoms. The second-order valence-corrected chi connectivity index (χ2v) is 4.80. The first-order chi connectivity index (χ1) is 10.4. The monoisotopic (exact) mass is 306 g/mol. The number of carbonyl (C=O) groups excluding carboxylic acids is 1. The Balaban J connectivity index is 2.61. The van der Waals surface area contributed by atoms with Gasteiger partial charge in [-0.3, -0.25) is 14.8 Å². The second kappa shape index (κ2) is 5.84. The molecule has 1 unspecified atom stereocenters. The van der Waals surface area contributed by atoms with E-state index in [-0.39, 0.29) is 11.4 Å². The molecule has 2 rings (SSSR count). The van der Waals surface area contributed by atoms with Crippen molar-refractivity contribution in [2.45, 2.75) is 12.5 Å². The molecule has 1 aliphatic rings. The fraction of sp³-hybridized carbons (Fsp3) is 0.357. The number of benzene rings is 1. The lowest BCUT2D eigenvalue weighted by atomic mass is 9.85. The number of ether oxygens (including phenoxy) is 1. The van der Waals surface area contributed by atoms with Gasteiger partial charge in [-0.15, -0.1) is 0 Å². The van der Waals surface area contributed by atoms with Gasteiger partial charge in [0.1, 0.15) is 11.5 Å². The minimum atomic E-state index is -1.81. The Morgan fingerprint density at radius 2 is 1.95 bits per heavy atom. The van der Waals surface area contributed by atoms with Crippen LogP contribution in [0.5, 0.6) is 5.75 Å². The SMILES string of the molecule is COc1ccc(C2=NN(C)C(=O)C2(C(C)=N)N(O)OC)cc1. The fourth-order valence-corrected chi connectivity index (χ4v) is 2.41. The summed E-state index contributed by atoms with van der Waals surface area (Å²) in [5, 5.41) is 23.8. The maximum Gasteiger partial charge on any atom is 0.280 e. The van der Waals surface area contributed by atoms with Crippen LogP contribution in [0, 0.1) is 5.41 Å². The number of amides is 1. The number of nitrogens with one attached hydrogen (secondary N) is 1. The average Bonchev–Trinajstić information content (AvgIpc) is 2.79.